The highest BCUT2D eigenvalue weighted by Crippen LogP contribution is 2.42. The predicted octanol–water partition coefficient (Wildman–Crippen LogP) is 3.68. The Bertz CT molecular complexity index is 1140. The van der Waals surface area contributed by atoms with Gasteiger partial charge in [0, 0.05) is 16.0 Å². The third-order valence-electron chi connectivity index (χ3n) is 4.88. The van der Waals surface area contributed by atoms with Crippen molar-refractivity contribution in [3.8, 4) is 11.5 Å². The molecule has 0 aromatic heterocycles. The Kier molecular flexibility index (Phi) is 6.39. The van der Waals surface area contributed by atoms with E-state index in [2.05, 4.69) is 4.99 Å². The molecule has 0 saturated carbocycles. The van der Waals surface area contributed by atoms with Gasteiger partial charge in [-0.3, -0.25) is 4.79 Å². The summed E-state index contributed by atoms with van der Waals surface area (Å²) in [6.07, 6.45) is 0. The van der Waals surface area contributed by atoms with Crippen LogP contribution in [-0.2, 0) is 14.6 Å². The Morgan fingerprint density at radius 1 is 1.19 bits per heavy atom. The van der Waals surface area contributed by atoms with Gasteiger partial charge in [-0.2, -0.15) is 4.99 Å². The van der Waals surface area contributed by atoms with Crippen LogP contribution in [0, 0.1) is 0 Å². The number of nitrogens with zero attached hydrogens (tertiary/aromatic N) is 2. The van der Waals surface area contributed by atoms with Gasteiger partial charge in [0.1, 0.15) is 11.5 Å². The summed E-state index contributed by atoms with van der Waals surface area (Å²) in [6, 6.07) is 11.5. The molecule has 2 aromatic carbocycles. The Hall–Kier alpha value is -1.94. The zero-order chi connectivity index (χ0) is 22.2. The summed E-state index contributed by atoms with van der Waals surface area (Å²) in [6.45, 7) is -0.253. The van der Waals surface area contributed by atoms with Crippen LogP contribution in [0.1, 0.15) is 0 Å². The van der Waals surface area contributed by atoms with Crippen molar-refractivity contribution in [1.82, 2.24) is 0 Å². The lowest BCUT2D eigenvalue weighted by atomic mass is 10.2. The average Bonchev–Trinajstić information content (AvgIpc) is 3.18. The Labute approximate surface area is 194 Å². The van der Waals surface area contributed by atoms with Gasteiger partial charge in [-0.25, -0.2) is 8.42 Å². The van der Waals surface area contributed by atoms with Crippen LogP contribution < -0.4 is 14.4 Å². The van der Waals surface area contributed by atoms with E-state index in [0.29, 0.717) is 32.4 Å². The van der Waals surface area contributed by atoms with Crippen molar-refractivity contribution in [2.75, 3.05) is 30.1 Å². The summed E-state index contributed by atoms with van der Waals surface area (Å²) in [7, 11) is -1.65. The van der Waals surface area contributed by atoms with E-state index in [9.17, 15) is 13.2 Å². The van der Waals surface area contributed by atoms with Crippen LogP contribution in [0.4, 0.5) is 5.69 Å². The van der Waals surface area contributed by atoms with Crippen LogP contribution in [0.25, 0.3) is 0 Å². The van der Waals surface area contributed by atoms with Gasteiger partial charge in [0.25, 0.3) is 5.91 Å². The third kappa shape index (κ3) is 4.95. The smallest absolute Gasteiger partial charge is 0.285 e. The molecule has 2 saturated heterocycles. The highest BCUT2D eigenvalue weighted by Gasteiger charge is 2.49. The molecule has 2 heterocycles. The lowest BCUT2D eigenvalue weighted by molar-refractivity contribution is -0.119. The van der Waals surface area contributed by atoms with E-state index >= 15 is 0 Å². The van der Waals surface area contributed by atoms with Crippen molar-refractivity contribution >= 4 is 61.6 Å². The molecule has 0 aliphatic carbocycles. The number of fused-ring (bicyclic) bond motifs is 1. The molecule has 2 aliphatic heterocycles. The number of aliphatic imine (C=N–C) groups is 1. The number of rotatable bonds is 5. The summed E-state index contributed by atoms with van der Waals surface area (Å²) in [5, 5.41) is 1.16. The number of benzene rings is 2. The molecular formula is C20H18Cl2N2O5S2. The topological polar surface area (TPSA) is 85.3 Å². The third-order valence-corrected chi connectivity index (χ3v) is 8.63. The molecule has 31 heavy (non-hydrogen) atoms. The summed E-state index contributed by atoms with van der Waals surface area (Å²) >= 11 is 13.4. The minimum absolute atomic E-state index is 0.0111. The molecule has 2 atom stereocenters. The zero-order valence-electron chi connectivity index (χ0n) is 16.3. The number of carbonyl (C=O) groups is 1. The van der Waals surface area contributed by atoms with Crippen LogP contribution in [0.2, 0.25) is 10.0 Å². The number of amides is 1. The predicted molar refractivity (Wildman–Crippen MR) is 124 cm³/mol. The van der Waals surface area contributed by atoms with Crippen LogP contribution in [0.3, 0.4) is 0 Å². The maximum Gasteiger partial charge on any atom is 0.285 e. The average molecular weight is 501 g/mol. The van der Waals surface area contributed by atoms with Gasteiger partial charge in [0.05, 0.1) is 29.7 Å². The lowest BCUT2D eigenvalue weighted by Crippen LogP contribution is -2.37. The summed E-state index contributed by atoms with van der Waals surface area (Å²) in [5.74, 6) is 0.544. The molecule has 164 valence electrons. The van der Waals surface area contributed by atoms with Crippen LogP contribution in [-0.4, -0.2) is 56.0 Å². The van der Waals surface area contributed by atoms with E-state index in [0.717, 1.165) is 0 Å². The summed E-state index contributed by atoms with van der Waals surface area (Å²) < 4.78 is 35.0. The number of halogens is 2. The molecule has 0 N–H and O–H groups in total. The Balaban J connectivity index is 1.58. The largest absolute Gasteiger partial charge is 0.495 e. The van der Waals surface area contributed by atoms with E-state index < -0.39 is 15.7 Å². The Morgan fingerprint density at radius 2 is 1.94 bits per heavy atom. The fraction of sp³-hybridized carbons (Fsp3) is 0.300. The maximum atomic E-state index is 12.5. The van der Waals surface area contributed by atoms with Gasteiger partial charge in [-0.05, 0) is 42.5 Å². The molecule has 11 heteroatoms. The molecule has 0 unspecified atom stereocenters. The van der Waals surface area contributed by atoms with Crippen molar-refractivity contribution in [2.45, 2.75) is 11.3 Å². The van der Waals surface area contributed by atoms with E-state index in [1.54, 1.807) is 47.4 Å². The zero-order valence-corrected chi connectivity index (χ0v) is 19.5. The second kappa shape index (κ2) is 8.90. The molecule has 2 aliphatic rings. The van der Waals surface area contributed by atoms with Crippen molar-refractivity contribution in [2.24, 2.45) is 4.99 Å². The number of amidine groups is 1. The molecule has 1 amide bonds. The van der Waals surface area contributed by atoms with Crippen molar-refractivity contribution in [3.05, 3.63) is 52.5 Å². The van der Waals surface area contributed by atoms with Crippen LogP contribution in [0.15, 0.2) is 47.5 Å². The highest BCUT2D eigenvalue weighted by molar-refractivity contribution is 8.16. The van der Waals surface area contributed by atoms with E-state index in [1.165, 1.54) is 18.9 Å². The first kappa shape index (κ1) is 22.3. The molecule has 2 fully saturated rings. The minimum atomic E-state index is -3.17. The van der Waals surface area contributed by atoms with Crippen molar-refractivity contribution in [1.29, 1.82) is 0 Å². The molecule has 0 spiro atoms. The van der Waals surface area contributed by atoms with Gasteiger partial charge >= 0.3 is 0 Å². The summed E-state index contributed by atoms with van der Waals surface area (Å²) in [5.41, 5.74) is 0.646. The number of hydrogen-bond donors (Lipinski definition) is 0. The first-order valence-corrected chi connectivity index (χ1v) is 12.7. The number of sulfone groups is 1. The first-order valence-electron chi connectivity index (χ1n) is 9.25. The monoisotopic (exact) mass is 500 g/mol. The SMILES string of the molecule is COc1ccc(N2C(=NC(=O)COc3ccc(Cl)cc3)S[C@H]3CS(=O)(=O)C[C@@H]32)cc1Cl. The normalized spacial score (nSPS) is 23.1. The van der Waals surface area contributed by atoms with Gasteiger partial charge in [0.2, 0.25) is 0 Å². The van der Waals surface area contributed by atoms with Crippen LogP contribution >= 0.6 is 35.0 Å². The number of ether oxygens (including phenoxy) is 2. The van der Waals surface area contributed by atoms with Crippen molar-refractivity contribution < 1.29 is 22.7 Å². The number of hydrogen-bond acceptors (Lipinski definition) is 6. The first-order chi connectivity index (χ1) is 14.8. The molecule has 0 radical (unpaired) electrons. The second-order valence-corrected chi connectivity index (χ2v) is 11.2. The molecular weight excluding hydrogens is 483 g/mol. The number of anilines is 1. The molecule has 7 nitrogen and oxygen atoms in total. The van der Waals surface area contributed by atoms with E-state index in [-0.39, 0.29) is 29.4 Å². The fourth-order valence-electron chi connectivity index (χ4n) is 3.49. The van der Waals surface area contributed by atoms with E-state index in [4.69, 9.17) is 32.7 Å². The fourth-order valence-corrected chi connectivity index (χ4v) is 7.80. The maximum absolute atomic E-state index is 12.5. The number of carbonyl (C=O) groups excluding carboxylic acids is 1. The van der Waals surface area contributed by atoms with Gasteiger partial charge < -0.3 is 14.4 Å². The van der Waals surface area contributed by atoms with Gasteiger partial charge in [-0.15, -0.1) is 0 Å². The number of methoxy groups -OCH3 is 1. The number of thioether (sulfide) groups is 1. The van der Waals surface area contributed by atoms with E-state index in [1.807, 2.05) is 0 Å². The molecule has 2 aromatic rings. The Morgan fingerprint density at radius 3 is 2.61 bits per heavy atom. The molecule has 4 rings (SSSR count). The summed E-state index contributed by atoms with van der Waals surface area (Å²) in [4.78, 5) is 18.5. The second-order valence-electron chi connectivity index (χ2n) is 7.02. The minimum Gasteiger partial charge on any atom is -0.495 e. The lowest BCUT2D eigenvalue weighted by Gasteiger charge is -2.25. The van der Waals surface area contributed by atoms with Gasteiger partial charge in [0.15, 0.2) is 21.6 Å². The van der Waals surface area contributed by atoms with Crippen LogP contribution in [0.5, 0.6) is 11.5 Å². The van der Waals surface area contributed by atoms with Gasteiger partial charge in [-0.1, -0.05) is 35.0 Å². The standard InChI is InChI=1S/C20H18Cl2N2O5S2/c1-28-17-7-4-13(8-15(17)22)24-16-10-31(26,27)11-18(16)30-20(24)23-19(25)9-29-14-5-2-12(21)3-6-14/h2-8,16,18H,9-11H2,1H3/t16-,18-/m0/s1. The quantitative estimate of drug-likeness (QED) is 0.618. The highest BCUT2D eigenvalue weighted by atomic mass is 35.5. The van der Waals surface area contributed by atoms with Crippen molar-refractivity contribution in [3.63, 3.8) is 0 Å². The molecule has 0 bridgehead atoms.